The van der Waals surface area contributed by atoms with Gasteiger partial charge in [-0.15, -0.1) is 10.2 Å². The predicted molar refractivity (Wildman–Crippen MR) is 128 cm³/mol. The van der Waals surface area contributed by atoms with Crippen LogP contribution in [-0.4, -0.2) is 39.9 Å². The fraction of sp³-hybridized carbons (Fsp3) is 0.227. The SMILES string of the molecule is Cc1nnc(-c2c(N)ncnc2N[C@H](c2nc3c(Cl)cc(F)cc3c(=O)n2-c2ccn[nH]2)C2CC2)o1. The number of hydrogen-bond acceptors (Lipinski definition) is 10. The molecule has 0 bridgehead atoms. The van der Waals surface area contributed by atoms with Crippen LogP contribution in [0.5, 0.6) is 0 Å². The lowest BCUT2D eigenvalue weighted by Crippen LogP contribution is -2.30. The molecule has 5 aromatic rings. The molecule has 4 aromatic heterocycles. The topological polar surface area (TPSA) is 166 Å². The highest BCUT2D eigenvalue weighted by Gasteiger charge is 2.37. The lowest BCUT2D eigenvalue weighted by Gasteiger charge is -2.23. The number of hydrogen-bond donors (Lipinski definition) is 3. The van der Waals surface area contributed by atoms with Crippen molar-refractivity contribution in [3.63, 3.8) is 0 Å². The van der Waals surface area contributed by atoms with Crippen LogP contribution in [0.15, 0.2) is 39.9 Å². The van der Waals surface area contributed by atoms with Crippen molar-refractivity contribution >= 4 is 34.1 Å². The Kier molecular flexibility index (Phi) is 5.14. The Hall–Kier alpha value is -4.39. The van der Waals surface area contributed by atoms with Crippen molar-refractivity contribution in [1.29, 1.82) is 0 Å². The first-order valence-corrected chi connectivity index (χ1v) is 11.4. The Morgan fingerprint density at radius 1 is 1.31 bits per heavy atom. The molecule has 6 rings (SSSR count). The van der Waals surface area contributed by atoms with Crippen molar-refractivity contribution in [2.75, 3.05) is 11.1 Å². The van der Waals surface area contributed by atoms with Gasteiger partial charge in [0.1, 0.15) is 41.0 Å². The third-order valence-corrected chi connectivity index (χ3v) is 6.21. The van der Waals surface area contributed by atoms with E-state index in [2.05, 4.69) is 35.7 Å². The van der Waals surface area contributed by atoms with Crippen LogP contribution in [0.2, 0.25) is 5.02 Å². The molecule has 0 saturated heterocycles. The maximum atomic E-state index is 14.1. The monoisotopic (exact) mass is 508 g/mol. The number of aromatic amines is 1. The molecule has 0 aliphatic heterocycles. The first-order chi connectivity index (χ1) is 17.4. The summed E-state index contributed by atoms with van der Waals surface area (Å²) in [7, 11) is 0. The fourth-order valence-electron chi connectivity index (χ4n) is 4.13. The Labute approximate surface area is 206 Å². The van der Waals surface area contributed by atoms with Crippen LogP contribution in [0.25, 0.3) is 28.2 Å². The van der Waals surface area contributed by atoms with E-state index in [1.165, 1.54) is 17.1 Å². The van der Waals surface area contributed by atoms with E-state index in [9.17, 15) is 9.18 Å². The Morgan fingerprint density at radius 2 is 2.14 bits per heavy atom. The third kappa shape index (κ3) is 3.73. The van der Waals surface area contributed by atoms with Gasteiger partial charge >= 0.3 is 0 Å². The summed E-state index contributed by atoms with van der Waals surface area (Å²) >= 11 is 6.32. The second-order valence-electron chi connectivity index (χ2n) is 8.40. The number of nitrogens with zero attached hydrogens (tertiary/aromatic N) is 7. The average molecular weight is 509 g/mol. The van der Waals surface area contributed by atoms with E-state index in [1.54, 1.807) is 13.0 Å². The molecular weight excluding hydrogens is 491 g/mol. The van der Waals surface area contributed by atoms with Gasteiger partial charge in [0.2, 0.25) is 5.89 Å². The molecule has 1 aromatic carbocycles. The summed E-state index contributed by atoms with van der Waals surface area (Å²) in [6, 6.07) is 3.36. The summed E-state index contributed by atoms with van der Waals surface area (Å²) in [6.45, 7) is 1.66. The zero-order valence-corrected chi connectivity index (χ0v) is 19.5. The number of rotatable bonds is 6. The van der Waals surface area contributed by atoms with Crippen molar-refractivity contribution in [1.82, 2.24) is 39.9 Å². The number of nitrogens with one attached hydrogen (secondary N) is 2. The van der Waals surface area contributed by atoms with Crippen LogP contribution in [-0.2, 0) is 0 Å². The lowest BCUT2D eigenvalue weighted by molar-refractivity contribution is 0.532. The van der Waals surface area contributed by atoms with Gasteiger partial charge in [0.15, 0.2) is 0 Å². The maximum absolute atomic E-state index is 14.1. The molecule has 1 aliphatic carbocycles. The number of nitrogen functional groups attached to an aromatic ring is 1. The first-order valence-electron chi connectivity index (χ1n) is 11.0. The van der Waals surface area contributed by atoms with Crippen molar-refractivity contribution in [2.45, 2.75) is 25.8 Å². The largest absolute Gasteiger partial charge is 0.421 e. The third-order valence-electron chi connectivity index (χ3n) is 5.92. The van der Waals surface area contributed by atoms with Gasteiger partial charge in [-0.05, 0) is 30.9 Å². The van der Waals surface area contributed by atoms with Crippen LogP contribution in [0.3, 0.4) is 0 Å². The minimum atomic E-state index is -0.636. The summed E-state index contributed by atoms with van der Waals surface area (Å²) in [5, 5.41) is 18.1. The van der Waals surface area contributed by atoms with Gasteiger partial charge in [-0.1, -0.05) is 11.6 Å². The number of benzene rings is 1. The summed E-state index contributed by atoms with van der Waals surface area (Å²) in [5.41, 5.74) is 6.18. The highest BCUT2D eigenvalue weighted by molar-refractivity contribution is 6.35. The lowest BCUT2D eigenvalue weighted by atomic mass is 10.1. The molecule has 14 heteroatoms. The standard InChI is InChI=1S/C22H18ClFN10O2/c1-9-31-33-21(36-9)15-18(25)26-8-27-19(15)29-16(10-2-3-10)20-30-17-12(6-11(24)7-13(17)23)22(35)34(20)14-4-5-28-32-14/h4-8,10,16H,2-3H2,1H3,(H,28,32)(H3,25,26,27,29)/t16-/m0/s1. The Bertz CT molecular complexity index is 1660. The fourth-order valence-corrected chi connectivity index (χ4v) is 4.38. The predicted octanol–water partition coefficient (Wildman–Crippen LogP) is 3.20. The molecule has 4 N–H and O–H groups in total. The minimum Gasteiger partial charge on any atom is -0.421 e. The summed E-state index contributed by atoms with van der Waals surface area (Å²) in [5.74, 6) is 1.16. The minimum absolute atomic E-state index is 0.0305. The van der Waals surface area contributed by atoms with Crippen LogP contribution in [0.4, 0.5) is 16.0 Å². The number of fused-ring (bicyclic) bond motifs is 1. The van der Waals surface area contributed by atoms with Crippen LogP contribution in [0.1, 0.15) is 30.6 Å². The molecule has 0 spiro atoms. The van der Waals surface area contributed by atoms with Crippen LogP contribution < -0.4 is 16.6 Å². The summed E-state index contributed by atoms with van der Waals surface area (Å²) in [4.78, 5) is 26.8. The molecule has 1 saturated carbocycles. The van der Waals surface area contributed by atoms with Crippen LogP contribution >= 0.6 is 11.6 Å². The zero-order chi connectivity index (χ0) is 25.0. The van der Waals surface area contributed by atoms with Gasteiger partial charge in [-0.3, -0.25) is 9.89 Å². The van der Waals surface area contributed by atoms with Crippen LogP contribution in [0, 0.1) is 18.7 Å². The van der Waals surface area contributed by atoms with E-state index in [4.69, 9.17) is 26.7 Å². The van der Waals surface area contributed by atoms with Gasteiger partial charge in [-0.25, -0.2) is 23.9 Å². The van der Waals surface area contributed by atoms with Crippen molar-refractivity contribution in [3.8, 4) is 17.3 Å². The number of aromatic nitrogens is 8. The van der Waals surface area contributed by atoms with E-state index in [0.29, 0.717) is 28.9 Å². The maximum Gasteiger partial charge on any atom is 0.267 e. The first kappa shape index (κ1) is 22.1. The van der Waals surface area contributed by atoms with E-state index in [-0.39, 0.29) is 33.6 Å². The van der Waals surface area contributed by atoms with Crippen molar-refractivity contribution in [3.05, 3.63) is 63.6 Å². The van der Waals surface area contributed by atoms with Gasteiger partial charge < -0.3 is 15.5 Å². The molecule has 4 heterocycles. The number of anilines is 2. The number of halogens is 2. The highest BCUT2D eigenvalue weighted by atomic mass is 35.5. The summed E-state index contributed by atoms with van der Waals surface area (Å²) in [6.07, 6.45) is 4.57. The second kappa shape index (κ2) is 8.37. The molecule has 1 aliphatic rings. The van der Waals surface area contributed by atoms with Crippen molar-refractivity contribution < 1.29 is 8.81 Å². The molecule has 12 nitrogen and oxygen atoms in total. The molecule has 0 unspecified atom stereocenters. The number of nitrogens with two attached hydrogens (primary N) is 1. The van der Waals surface area contributed by atoms with E-state index in [1.807, 2.05) is 0 Å². The van der Waals surface area contributed by atoms with E-state index >= 15 is 0 Å². The second-order valence-corrected chi connectivity index (χ2v) is 8.81. The number of aryl methyl sites for hydroxylation is 1. The van der Waals surface area contributed by atoms with Gasteiger partial charge in [0.25, 0.3) is 11.4 Å². The van der Waals surface area contributed by atoms with Gasteiger partial charge in [0.05, 0.1) is 28.2 Å². The van der Waals surface area contributed by atoms with Gasteiger partial charge in [0, 0.05) is 13.0 Å². The molecular formula is C22H18ClFN10O2. The molecule has 0 radical (unpaired) electrons. The Balaban J connectivity index is 1.57. The highest BCUT2D eigenvalue weighted by Crippen LogP contribution is 2.44. The average Bonchev–Trinajstić information content (AvgIpc) is 3.36. The quantitative estimate of drug-likeness (QED) is 0.310. The van der Waals surface area contributed by atoms with Crippen molar-refractivity contribution in [2.24, 2.45) is 5.92 Å². The van der Waals surface area contributed by atoms with E-state index < -0.39 is 17.4 Å². The number of H-pyrrole nitrogens is 1. The molecule has 36 heavy (non-hydrogen) atoms. The molecule has 0 amide bonds. The normalized spacial score (nSPS) is 14.3. The van der Waals surface area contributed by atoms with Gasteiger partial charge in [-0.2, -0.15) is 5.10 Å². The zero-order valence-electron chi connectivity index (χ0n) is 18.7. The smallest absolute Gasteiger partial charge is 0.267 e. The Morgan fingerprint density at radius 3 is 2.83 bits per heavy atom. The molecule has 1 fully saturated rings. The molecule has 1 atom stereocenters. The molecule has 182 valence electrons. The summed E-state index contributed by atoms with van der Waals surface area (Å²) < 4.78 is 21.1. The van der Waals surface area contributed by atoms with E-state index in [0.717, 1.165) is 25.0 Å².